The minimum atomic E-state index is -0.509. The molecule has 0 spiro atoms. The number of rotatable bonds is 7. The number of carbonyl (C=O) groups excluding carboxylic acids is 3. The number of aryl methyl sites for hydroxylation is 5. The standard InChI is InChI=1S/C12H16N4.2C12H15N4.C12H16N2O2.C7H8N2O2.Pt/c3*1-8-6-13-11(14-7-8)9-5-10(16-15-9)12(2,3)4;1-8-6-13-11(14-7-8)9(15)5-10(16)12(2,3)4;1-5-3-8-6(9-4-5)7(10)11-2;/h5-7H,1-4H3,(H,15,16);2*5-7H,1-4H3;6-7H,5H2,1-4H3;3-4H,1-2H3;/q;2*-1;;;+2. The predicted molar refractivity (Wildman–Crippen MR) is 285 cm³/mol. The van der Waals surface area contributed by atoms with Gasteiger partial charge in [-0.15, -0.1) is 0 Å². The molecule has 0 aromatic carbocycles. The largest absolute Gasteiger partial charge is 2.00 e. The van der Waals surface area contributed by atoms with E-state index < -0.39 is 11.4 Å². The van der Waals surface area contributed by atoms with Crippen molar-refractivity contribution in [3.8, 4) is 34.6 Å². The maximum atomic E-state index is 11.7. The van der Waals surface area contributed by atoms with Crippen molar-refractivity contribution in [2.45, 2.75) is 140 Å². The first-order valence-corrected chi connectivity index (χ1v) is 24.1. The van der Waals surface area contributed by atoms with E-state index in [2.05, 4.69) is 147 Å². The molecule has 0 fully saturated rings. The van der Waals surface area contributed by atoms with Gasteiger partial charge < -0.3 is 25.1 Å². The Bertz CT molecular complexity index is 2850. The molecule has 0 radical (unpaired) electrons. The van der Waals surface area contributed by atoms with Crippen LogP contribution in [-0.4, -0.2) is 94.9 Å². The molecule has 404 valence electrons. The number of aromatic amines is 1. The third-order valence-electron chi connectivity index (χ3n) is 10.4. The first kappa shape index (κ1) is 62.8. The molecule has 0 unspecified atom stereocenters. The normalized spacial score (nSPS) is 11.1. The molecule has 76 heavy (non-hydrogen) atoms. The van der Waals surface area contributed by atoms with Crippen molar-refractivity contribution >= 4 is 17.5 Å². The van der Waals surface area contributed by atoms with Gasteiger partial charge in [-0.05, 0) is 68.5 Å². The third-order valence-corrected chi connectivity index (χ3v) is 10.4. The summed E-state index contributed by atoms with van der Waals surface area (Å²) in [6, 6.07) is 5.90. The summed E-state index contributed by atoms with van der Waals surface area (Å²) in [4.78, 5) is 74.8. The molecule has 8 rings (SSSR count). The fraction of sp³-hybridized carbons (Fsp3) is 0.418. The molecule has 0 amide bonds. The molecule has 0 saturated heterocycles. The van der Waals surface area contributed by atoms with E-state index in [0.717, 1.165) is 62.0 Å². The summed E-state index contributed by atoms with van der Waals surface area (Å²) in [5.74, 6) is 1.22. The van der Waals surface area contributed by atoms with Gasteiger partial charge in [0, 0.05) is 101 Å². The van der Waals surface area contributed by atoms with Crippen LogP contribution in [0, 0.1) is 40.0 Å². The van der Waals surface area contributed by atoms with Crippen LogP contribution in [0.2, 0.25) is 0 Å². The maximum Gasteiger partial charge on any atom is 2.00 e. The molecule has 21 heteroatoms. The predicted octanol–water partition coefficient (Wildman–Crippen LogP) is 9.22. The Hall–Kier alpha value is -7.47. The molecule has 8 aromatic rings. The monoisotopic (exact) mass is 1210 g/mol. The number of ketones is 2. The van der Waals surface area contributed by atoms with Gasteiger partial charge in [-0.25, -0.2) is 54.6 Å². The summed E-state index contributed by atoms with van der Waals surface area (Å²) in [7, 11) is 1.30. The van der Waals surface area contributed by atoms with Gasteiger partial charge in [-0.3, -0.25) is 14.7 Å². The van der Waals surface area contributed by atoms with E-state index in [4.69, 9.17) is 0 Å². The number of aromatic nitrogens is 16. The molecule has 0 atom stereocenters. The molecule has 0 bridgehead atoms. The second kappa shape index (κ2) is 27.4. The van der Waals surface area contributed by atoms with Gasteiger partial charge in [-0.2, -0.15) is 5.10 Å². The SMILES string of the molecule is COC(=O)c1ncc(C)cn1.Cc1cnc(-c2cc(C(C)(C)C)[nH]n2)nc1.Cc1cnc(-c2cc(C(C)(C)C)n[n-]2)nc1.Cc1cnc(-c2cc(C(C)(C)C)n[n-]2)nc1.Cc1cnc(C(=O)CC(=O)C(C)(C)C)nc1.[Pt+2]. The molecular formula is C55H70N16O4Pt. The fourth-order valence-corrected chi connectivity index (χ4v) is 5.55. The summed E-state index contributed by atoms with van der Waals surface area (Å²) in [6.07, 6.45) is 16.9. The Morgan fingerprint density at radius 3 is 1.13 bits per heavy atom. The minimum absolute atomic E-state index is 0. The van der Waals surface area contributed by atoms with E-state index in [-0.39, 0.29) is 66.9 Å². The maximum absolute atomic E-state index is 11.7. The Labute approximate surface area is 460 Å². The fourth-order valence-electron chi connectivity index (χ4n) is 5.55. The van der Waals surface area contributed by atoms with Gasteiger partial charge in [0.15, 0.2) is 11.6 Å². The summed E-state index contributed by atoms with van der Waals surface area (Å²) in [6.45, 7) is 34.0. The summed E-state index contributed by atoms with van der Waals surface area (Å²) < 4.78 is 4.41. The zero-order chi connectivity index (χ0) is 55.9. The van der Waals surface area contributed by atoms with Crippen molar-refractivity contribution in [3.63, 3.8) is 0 Å². The first-order chi connectivity index (χ1) is 34.9. The van der Waals surface area contributed by atoms with Crippen LogP contribution in [-0.2, 0) is 46.8 Å². The number of hydrogen-bond donors (Lipinski definition) is 1. The van der Waals surface area contributed by atoms with Gasteiger partial charge >= 0.3 is 27.0 Å². The van der Waals surface area contributed by atoms with Crippen molar-refractivity contribution in [1.29, 1.82) is 0 Å². The van der Waals surface area contributed by atoms with Crippen LogP contribution >= 0.6 is 0 Å². The van der Waals surface area contributed by atoms with Crippen LogP contribution in [0.3, 0.4) is 0 Å². The summed E-state index contributed by atoms with van der Waals surface area (Å²) >= 11 is 0. The van der Waals surface area contributed by atoms with Crippen molar-refractivity contribution < 1.29 is 40.2 Å². The van der Waals surface area contributed by atoms with Gasteiger partial charge in [0.2, 0.25) is 11.6 Å². The second-order valence-electron chi connectivity index (χ2n) is 21.8. The van der Waals surface area contributed by atoms with Crippen LogP contribution < -0.4 is 10.2 Å². The van der Waals surface area contributed by atoms with Crippen LogP contribution in [0.4, 0.5) is 0 Å². The van der Waals surface area contributed by atoms with Gasteiger partial charge in [0.05, 0.1) is 13.5 Å². The molecule has 8 heterocycles. The number of nitrogens with one attached hydrogen (secondary N) is 1. The number of methoxy groups -OCH3 is 1. The zero-order valence-electron chi connectivity index (χ0n) is 46.9. The van der Waals surface area contributed by atoms with Crippen LogP contribution in [0.25, 0.3) is 34.6 Å². The molecule has 1 N–H and O–H groups in total. The average Bonchev–Trinajstić information content (AvgIpc) is 4.16. The van der Waals surface area contributed by atoms with E-state index in [0.29, 0.717) is 17.5 Å². The Morgan fingerprint density at radius 2 is 0.829 bits per heavy atom. The van der Waals surface area contributed by atoms with Crippen molar-refractivity contribution in [3.05, 3.63) is 137 Å². The van der Waals surface area contributed by atoms with Crippen LogP contribution in [0.5, 0.6) is 0 Å². The van der Waals surface area contributed by atoms with Crippen molar-refractivity contribution in [2.24, 2.45) is 5.41 Å². The zero-order valence-corrected chi connectivity index (χ0v) is 49.1. The number of ether oxygens (including phenoxy) is 1. The van der Waals surface area contributed by atoms with Crippen molar-refractivity contribution in [2.75, 3.05) is 7.11 Å². The number of Topliss-reactive ketones (excluding diaryl/α,β-unsaturated/α-hetero) is 2. The molecule has 0 aliphatic rings. The van der Waals surface area contributed by atoms with Gasteiger partial charge in [-0.1, -0.05) is 107 Å². The molecular weight excluding hydrogens is 1140 g/mol. The van der Waals surface area contributed by atoms with E-state index in [1.807, 2.05) is 52.8 Å². The smallest absolute Gasteiger partial charge is 0.572 e. The average molecular weight is 1210 g/mol. The number of carbonyl (C=O) groups is 3. The topological polar surface area (TPSA) is 272 Å². The first-order valence-electron chi connectivity index (χ1n) is 24.1. The minimum Gasteiger partial charge on any atom is -0.572 e. The Morgan fingerprint density at radius 1 is 0.487 bits per heavy atom. The Balaban J connectivity index is 0.000000251. The third kappa shape index (κ3) is 20.0. The van der Waals surface area contributed by atoms with Gasteiger partial charge in [0.1, 0.15) is 23.1 Å². The number of H-pyrrole nitrogens is 1. The van der Waals surface area contributed by atoms with E-state index in [1.165, 1.54) is 7.11 Å². The van der Waals surface area contributed by atoms with Crippen molar-refractivity contribution in [1.82, 2.24) is 80.4 Å². The van der Waals surface area contributed by atoms with E-state index in [1.54, 1.807) is 82.7 Å². The molecule has 0 saturated carbocycles. The molecule has 8 aromatic heterocycles. The van der Waals surface area contributed by atoms with Gasteiger partial charge in [0.25, 0.3) is 0 Å². The number of nitrogens with zero attached hydrogens (tertiary/aromatic N) is 15. The molecule has 20 nitrogen and oxygen atoms in total. The number of hydrogen-bond acceptors (Lipinski definition) is 17. The summed E-state index contributed by atoms with van der Waals surface area (Å²) in [5.41, 5.74) is 9.82. The van der Waals surface area contributed by atoms with Crippen LogP contribution in [0.1, 0.15) is 156 Å². The second-order valence-corrected chi connectivity index (χ2v) is 21.8. The molecule has 0 aliphatic carbocycles. The molecule has 0 aliphatic heterocycles. The Kier molecular flexibility index (Phi) is 22.6. The number of esters is 1. The van der Waals surface area contributed by atoms with E-state index in [9.17, 15) is 14.4 Å². The van der Waals surface area contributed by atoms with E-state index >= 15 is 0 Å². The summed E-state index contributed by atoms with van der Waals surface area (Å²) in [5, 5.41) is 23.8. The van der Waals surface area contributed by atoms with Crippen LogP contribution in [0.15, 0.2) is 80.2 Å². The quantitative estimate of drug-likeness (QED) is 0.0884.